The van der Waals surface area contributed by atoms with Gasteiger partial charge >= 0.3 is 0 Å². The first-order chi connectivity index (χ1) is 11.0. The smallest absolute Gasteiger partial charge is 0.276 e. The number of hydrogen-bond donors (Lipinski definition) is 1. The van der Waals surface area contributed by atoms with Crippen molar-refractivity contribution in [2.45, 2.75) is 6.92 Å². The topological polar surface area (TPSA) is 49.0 Å². The summed E-state index contributed by atoms with van der Waals surface area (Å²) in [4.78, 5) is 14.2. The lowest BCUT2D eigenvalue weighted by molar-refractivity contribution is 0.0988. The zero-order chi connectivity index (χ0) is 16.4. The van der Waals surface area contributed by atoms with Crippen LogP contribution in [0.3, 0.4) is 0 Å². The molecule has 3 rings (SSSR count). The Balaban J connectivity index is 1.86. The minimum absolute atomic E-state index is 0.142. The number of aryl methyl sites for hydroxylation is 1. The van der Waals surface area contributed by atoms with Crippen LogP contribution in [0.25, 0.3) is 11.3 Å². The summed E-state index contributed by atoms with van der Waals surface area (Å²) >= 11 is 6.00. The van der Waals surface area contributed by atoms with Gasteiger partial charge in [0, 0.05) is 23.3 Å². The van der Waals surface area contributed by atoms with Gasteiger partial charge in [-0.1, -0.05) is 35.9 Å². The first kappa shape index (κ1) is 15.3. The highest BCUT2D eigenvalue weighted by Gasteiger charge is 2.17. The van der Waals surface area contributed by atoms with Crippen LogP contribution in [0.1, 0.15) is 16.1 Å². The van der Waals surface area contributed by atoms with Gasteiger partial charge < -0.3 is 4.90 Å². The number of nitrogens with one attached hydrogen (secondary N) is 1. The van der Waals surface area contributed by atoms with Crippen molar-refractivity contribution in [1.29, 1.82) is 0 Å². The average molecular weight is 326 g/mol. The van der Waals surface area contributed by atoms with Crippen LogP contribution in [-0.4, -0.2) is 23.2 Å². The van der Waals surface area contributed by atoms with Crippen molar-refractivity contribution in [2.75, 3.05) is 11.9 Å². The number of halogens is 1. The molecule has 0 aliphatic heterocycles. The molecule has 0 saturated carbocycles. The summed E-state index contributed by atoms with van der Waals surface area (Å²) in [5.74, 6) is -0.142. The van der Waals surface area contributed by atoms with Crippen molar-refractivity contribution in [2.24, 2.45) is 0 Å². The molecule has 3 aromatic rings. The maximum absolute atomic E-state index is 12.6. The number of rotatable bonds is 3. The Bertz CT molecular complexity index is 857. The third-order valence-corrected chi connectivity index (χ3v) is 3.86. The molecule has 4 nitrogen and oxygen atoms in total. The van der Waals surface area contributed by atoms with E-state index in [0.717, 1.165) is 16.8 Å². The second-order valence-corrected chi connectivity index (χ2v) is 5.82. The van der Waals surface area contributed by atoms with E-state index < -0.39 is 0 Å². The number of anilines is 1. The molecule has 0 unspecified atom stereocenters. The van der Waals surface area contributed by atoms with Gasteiger partial charge in [-0.3, -0.25) is 9.89 Å². The molecule has 0 bridgehead atoms. The number of H-pyrrole nitrogens is 1. The van der Waals surface area contributed by atoms with E-state index in [4.69, 9.17) is 11.6 Å². The molecule has 116 valence electrons. The number of aromatic amines is 1. The molecule has 0 atom stereocenters. The number of aromatic nitrogens is 2. The summed E-state index contributed by atoms with van der Waals surface area (Å²) in [6.07, 6.45) is 0. The number of nitrogens with zero attached hydrogens (tertiary/aromatic N) is 2. The van der Waals surface area contributed by atoms with Crippen LogP contribution < -0.4 is 4.90 Å². The van der Waals surface area contributed by atoms with Crippen LogP contribution in [0, 0.1) is 6.92 Å². The monoisotopic (exact) mass is 325 g/mol. The van der Waals surface area contributed by atoms with Gasteiger partial charge in [-0.15, -0.1) is 0 Å². The Morgan fingerprint density at radius 1 is 1.13 bits per heavy atom. The molecule has 0 aliphatic rings. The van der Waals surface area contributed by atoms with E-state index in [9.17, 15) is 4.79 Å². The summed E-state index contributed by atoms with van der Waals surface area (Å²) in [6, 6.07) is 16.9. The van der Waals surface area contributed by atoms with E-state index in [1.54, 1.807) is 24.1 Å². The lowest BCUT2D eigenvalue weighted by Crippen LogP contribution is -2.26. The van der Waals surface area contributed by atoms with Gasteiger partial charge in [0.25, 0.3) is 5.91 Å². The van der Waals surface area contributed by atoms with Crippen LogP contribution in [0.5, 0.6) is 0 Å². The molecule has 1 amide bonds. The van der Waals surface area contributed by atoms with Crippen molar-refractivity contribution in [3.8, 4) is 11.3 Å². The lowest BCUT2D eigenvalue weighted by Gasteiger charge is -2.16. The molecule has 1 aromatic heterocycles. The van der Waals surface area contributed by atoms with Crippen LogP contribution in [0.2, 0.25) is 5.02 Å². The quantitative estimate of drug-likeness (QED) is 0.779. The molecule has 0 aliphatic carbocycles. The fraction of sp³-hybridized carbons (Fsp3) is 0.111. The van der Waals surface area contributed by atoms with Gasteiger partial charge in [0.1, 0.15) is 5.69 Å². The molecule has 1 heterocycles. The highest BCUT2D eigenvalue weighted by molar-refractivity contribution is 6.30. The van der Waals surface area contributed by atoms with Gasteiger partial charge in [-0.05, 0) is 42.8 Å². The Kier molecular flexibility index (Phi) is 4.17. The van der Waals surface area contributed by atoms with E-state index in [1.807, 2.05) is 49.4 Å². The van der Waals surface area contributed by atoms with Crippen LogP contribution in [0.15, 0.2) is 54.6 Å². The van der Waals surface area contributed by atoms with Crippen molar-refractivity contribution < 1.29 is 4.79 Å². The third kappa shape index (κ3) is 3.27. The maximum Gasteiger partial charge on any atom is 0.276 e. The van der Waals surface area contributed by atoms with Crippen molar-refractivity contribution >= 4 is 23.2 Å². The molecule has 0 saturated heterocycles. The number of benzene rings is 2. The Morgan fingerprint density at radius 2 is 1.91 bits per heavy atom. The van der Waals surface area contributed by atoms with Gasteiger partial charge in [0.15, 0.2) is 0 Å². The summed E-state index contributed by atoms with van der Waals surface area (Å²) in [7, 11) is 1.75. The summed E-state index contributed by atoms with van der Waals surface area (Å²) in [5, 5.41) is 7.65. The van der Waals surface area contributed by atoms with Gasteiger partial charge in [0.05, 0.1) is 5.69 Å². The van der Waals surface area contributed by atoms with Gasteiger partial charge in [0.2, 0.25) is 0 Å². The molecule has 0 spiro atoms. The first-order valence-electron chi connectivity index (χ1n) is 7.20. The molecular formula is C18H16ClN3O. The number of carbonyl (C=O) groups is 1. The SMILES string of the molecule is Cc1cccc(N(C)C(=O)c2cc(-c3cccc(Cl)c3)n[nH]2)c1. The Morgan fingerprint density at radius 3 is 2.65 bits per heavy atom. The van der Waals surface area contributed by atoms with E-state index in [-0.39, 0.29) is 5.91 Å². The fourth-order valence-electron chi connectivity index (χ4n) is 2.36. The lowest BCUT2D eigenvalue weighted by atomic mass is 10.1. The number of hydrogen-bond acceptors (Lipinski definition) is 2. The summed E-state index contributed by atoms with van der Waals surface area (Å²) in [5.41, 5.74) is 3.93. The van der Waals surface area contributed by atoms with Crippen molar-refractivity contribution in [3.63, 3.8) is 0 Å². The summed E-state index contributed by atoms with van der Waals surface area (Å²) < 4.78 is 0. The third-order valence-electron chi connectivity index (χ3n) is 3.62. The zero-order valence-electron chi connectivity index (χ0n) is 12.9. The molecule has 0 fully saturated rings. The van der Waals surface area contributed by atoms with Crippen LogP contribution in [-0.2, 0) is 0 Å². The minimum atomic E-state index is -0.142. The normalized spacial score (nSPS) is 10.6. The predicted octanol–water partition coefficient (Wildman–Crippen LogP) is 4.32. The molecule has 23 heavy (non-hydrogen) atoms. The Hall–Kier alpha value is -2.59. The highest BCUT2D eigenvalue weighted by atomic mass is 35.5. The maximum atomic E-state index is 12.6. The summed E-state index contributed by atoms with van der Waals surface area (Å²) in [6.45, 7) is 2.00. The fourth-order valence-corrected chi connectivity index (χ4v) is 2.55. The zero-order valence-corrected chi connectivity index (χ0v) is 13.6. The molecule has 1 N–H and O–H groups in total. The van der Waals surface area contributed by atoms with Crippen molar-refractivity contribution in [1.82, 2.24) is 10.2 Å². The average Bonchev–Trinajstić information content (AvgIpc) is 3.03. The Labute approximate surface area is 139 Å². The second-order valence-electron chi connectivity index (χ2n) is 5.38. The van der Waals surface area contributed by atoms with Gasteiger partial charge in [-0.2, -0.15) is 5.10 Å². The number of carbonyl (C=O) groups excluding carboxylic acids is 1. The van der Waals surface area contributed by atoms with E-state index in [0.29, 0.717) is 16.4 Å². The van der Waals surface area contributed by atoms with E-state index in [1.165, 1.54) is 0 Å². The first-order valence-corrected chi connectivity index (χ1v) is 7.58. The van der Waals surface area contributed by atoms with Crippen molar-refractivity contribution in [3.05, 3.63) is 70.9 Å². The van der Waals surface area contributed by atoms with Crippen LogP contribution >= 0.6 is 11.6 Å². The largest absolute Gasteiger partial charge is 0.310 e. The van der Waals surface area contributed by atoms with Crippen LogP contribution in [0.4, 0.5) is 5.69 Å². The highest BCUT2D eigenvalue weighted by Crippen LogP contribution is 2.23. The standard InChI is InChI=1S/C18H16ClN3O/c1-12-5-3-8-15(9-12)22(2)18(23)17-11-16(20-21-17)13-6-4-7-14(19)10-13/h3-11H,1-2H3,(H,20,21). The van der Waals surface area contributed by atoms with Gasteiger partial charge in [-0.25, -0.2) is 0 Å². The predicted molar refractivity (Wildman–Crippen MR) is 92.9 cm³/mol. The van der Waals surface area contributed by atoms with E-state index >= 15 is 0 Å². The minimum Gasteiger partial charge on any atom is -0.310 e. The van der Waals surface area contributed by atoms with E-state index in [2.05, 4.69) is 10.2 Å². The second kappa shape index (κ2) is 6.26. The molecule has 2 aromatic carbocycles. The molecule has 5 heteroatoms. The molecular weight excluding hydrogens is 310 g/mol. The number of amides is 1. The molecule has 0 radical (unpaired) electrons.